The first-order valence-electron chi connectivity index (χ1n) is 6.54. The standard InChI is InChI=1S/C16H12N2O4/c1-10(19)21-14-8-4-12(5-9-14)16-17-15(18-22-16)11-2-6-13(20)7-3-11/h2-9,20H,1H3. The summed E-state index contributed by atoms with van der Waals surface area (Å²) in [5.41, 5.74) is 1.46. The molecule has 0 saturated heterocycles. The van der Waals surface area contributed by atoms with Gasteiger partial charge in [-0.05, 0) is 48.5 Å². The zero-order chi connectivity index (χ0) is 15.5. The number of carbonyl (C=O) groups is 1. The number of phenolic OH excluding ortho intramolecular Hbond substituents is 1. The van der Waals surface area contributed by atoms with Gasteiger partial charge in [0.05, 0.1) is 0 Å². The number of aromatic nitrogens is 2. The van der Waals surface area contributed by atoms with Gasteiger partial charge in [0.1, 0.15) is 11.5 Å². The van der Waals surface area contributed by atoms with E-state index >= 15 is 0 Å². The van der Waals surface area contributed by atoms with Gasteiger partial charge in [0.15, 0.2) is 0 Å². The van der Waals surface area contributed by atoms with Gasteiger partial charge < -0.3 is 14.4 Å². The molecule has 6 heteroatoms. The largest absolute Gasteiger partial charge is 0.508 e. The molecular weight excluding hydrogens is 284 g/mol. The normalized spacial score (nSPS) is 10.4. The monoisotopic (exact) mass is 296 g/mol. The van der Waals surface area contributed by atoms with E-state index in [0.29, 0.717) is 23.0 Å². The summed E-state index contributed by atoms with van der Waals surface area (Å²) in [5, 5.41) is 13.2. The summed E-state index contributed by atoms with van der Waals surface area (Å²) in [5.74, 6) is 1.04. The zero-order valence-corrected chi connectivity index (χ0v) is 11.7. The lowest BCUT2D eigenvalue weighted by Crippen LogP contribution is -2.00. The van der Waals surface area contributed by atoms with Crippen molar-refractivity contribution in [2.24, 2.45) is 0 Å². The van der Waals surface area contributed by atoms with Crippen molar-refractivity contribution in [3.8, 4) is 34.3 Å². The third-order valence-corrected chi connectivity index (χ3v) is 2.91. The molecular formula is C16H12N2O4. The van der Waals surface area contributed by atoms with Crippen LogP contribution >= 0.6 is 0 Å². The highest BCUT2D eigenvalue weighted by Gasteiger charge is 2.11. The van der Waals surface area contributed by atoms with Crippen molar-refractivity contribution < 1.29 is 19.2 Å². The van der Waals surface area contributed by atoms with Crippen molar-refractivity contribution in [1.82, 2.24) is 10.1 Å². The van der Waals surface area contributed by atoms with Gasteiger partial charge in [-0.2, -0.15) is 4.98 Å². The lowest BCUT2D eigenvalue weighted by Gasteiger charge is -2.00. The molecule has 3 rings (SSSR count). The van der Waals surface area contributed by atoms with E-state index < -0.39 is 0 Å². The quantitative estimate of drug-likeness (QED) is 0.590. The van der Waals surface area contributed by atoms with Crippen LogP contribution in [0.2, 0.25) is 0 Å². The van der Waals surface area contributed by atoms with Crippen LogP contribution in [0.4, 0.5) is 0 Å². The third kappa shape index (κ3) is 2.95. The molecule has 1 N–H and O–H groups in total. The molecule has 0 spiro atoms. The van der Waals surface area contributed by atoms with Gasteiger partial charge in [0, 0.05) is 18.1 Å². The van der Waals surface area contributed by atoms with Crippen LogP contribution in [0.25, 0.3) is 22.8 Å². The van der Waals surface area contributed by atoms with Crippen LogP contribution in [-0.2, 0) is 4.79 Å². The van der Waals surface area contributed by atoms with Gasteiger partial charge in [-0.25, -0.2) is 0 Å². The Morgan fingerprint density at radius 3 is 2.32 bits per heavy atom. The molecule has 2 aromatic carbocycles. The topological polar surface area (TPSA) is 85.5 Å². The Morgan fingerprint density at radius 2 is 1.68 bits per heavy atom. The maximum Gasteiger partial charge on any atom is 0.308 e. The van der Waals surface area contributed by atoms with E-state index in [1.165, 1.54) is 6.92 Å². The van der Waals surface area contributed by atoms with Gasteiger partial charge >= 0.3 is 5.97 Å². The average Bonchev–Trinajstić information content (AvgIpc) is 2.98. The van der Waals surface area contributed by atoms with Crippen molar-refractivity contribution >= 4 is 5.97 Å². The maximum atomic E-state index is 10.9. The second-order valence-corrected chi connectivity index (χ2v) is 4.59. The van der Waals surface area contributed by atoms with Gasteiger partial charge in [-0.3, -0.25) is 4.79 Å². The number of phenols is 1. The van der Waals surface area contributed by atoms with E-state index in [0.717, 1.165) is 5.56 Å². The first kappa shape index (κ1) is 13.8. The Hall–Kier alpha value is -3.15. The molecule has 0 atom stereocenters. The van der Waals surface area contributed by atoms with E-state index in [-0.39, 0.29) is 11.7 Å². The predicted octanol–water partition coefficient (Wildman–Crippen LogP) is 3.03. The van der Waals surface area contributed by atoms with Crippen molar-refractivity contribution in [1.29, 1.82) is 0 Å². The minimum Gasteiger partial charge on any atom is -0.508 e. The highest BCUT2D eigenvalue weighted by Crippen LogP contribution is 2.25. The number of aromatic hydroxyl groups is 1. The van der Waals surface area contributed by atoms with E-state index in [2.05, 4.69) is 10.1 Å². The van der Waals surface area contributed by atoms with E-state index in [9.17, 15) is 9.90 Å². The molecule has 1 heterocycles. The molecule has 0 aliphatic carbocycles. The summed E-state index contributed by atoms with van der Waals surface area (Å²) in [4.78, 5) is 15.2. The fourth-order valence-corrected chi connectivity index (χ4v) is 1.90. The molecule has 6 nitrogen and oxygen atoms in total. The number of nitrogens with zero attached hydrogens (tertiary/aromatic N) is 2. The fraction of sp³-hybridized carbons (Fsp3) is 0.0625. The first-order valence-corrected chi connectivity index (χ1v) is 6.54. The van der Waals surface area contributed by atoms with Crippen LogP contribution in [0.5, 0.6) is 11.5 Å². The van der Waals surface area contributed by atoms with Crippen LogP contribution in [-0.4, -0.2) is 21.2 Å². The first-order chi connectivity index (χ1) is 10.6. The van der Waals surface area contributed by atoms with E-state index in [1.807, 2.05) is 0 Å². The Labute approximate surface area is 126 Å². The third-order valence-electron chi connectivity index (χ3n) is 2.91. The van der Waals surface area contributed by atoms with Gasteiger partial charge in [-0.15, -0.1) is 0 Å². The number of hydrogen-bond donors (Lipinski definition) is 1. The highest BCUT2D eigenvalue weighted by molar-refractivity contribution is 5.69. The Morgan fingerprint density at radius 1 is 1.05 bits per heavy atom. The molecule has 22 heavy (non-hydrogen) atoms. The highest BCUT2D eigenvalue weighted by atomic mass is 16.5. The number of hydrogen-bond acceptors (Lipinski definition) is 6. The molecule has 0 unspecified atom stereocenters. The second-order valence-electron chi connectivity index (χ2n) is 4.59. The van der Waals surface area contributed by atoms with Crippen molar-refractivity contribution in [3.63, 3.8) is 0 Å². The summed E-state index contributed by atoms with van der Waals surface area (Å²) in [6.45, 7) is 1.34. The zero-order valence-electron chi connectivity index (χ0n) is 11.7. The SMILES string of the molecule is CC(=O)Oc1ccc(-c2nc(-c3ccc(O)cc3)no2)cc1. The van der Waals surface area contributed by atoms with Crippen LogP contribution in [0, 0.1) is 0 Å². The minimum atomic E-state index is -0.375. The number of ether oxygens (including phenoxy) is 1. The molecule has 1 aromatic heterocycles. The average molecular weight is 296 g/mol. The molecule has 0 aliphatic rings. The summed E-state index contributed by atoms with van der Waals surface area (Å²) in [6, 6.07) is 13.3. The van der Waals surface area contributed by atoms with Crippen molar-refractivity contribution in [2.45, 2.75) is 6.92 Å². The summed E-state index contributed by atoms with van der Waals surface area (Å²) in [6.07, 6.45) is 0. The van der Waals surface area contributed by atoms with Crippen LogP contribution in [0.15, 0.2) is 53.1 Å². The lowest BCUT2D eigenvalue weighted by molar-refractivity contribution is -0.131. The lowest BCUT2D eigenvalue weighted by atomic mass is 10.2. The Bertz CT molecular complexity index is 792. The summed E-state index contributed by atoms with van der Waals surface area (Å²) < 4.78 is 10.2. The van der Waals surface area contributed by atoms with Crippen LogP contribution in [0.1, 0.15) is 6.92 Å². The van der Waals surface area contributed by atoms with Crippen LogP contribution in [0.3, 0.4) is 0 Å². The van der Waals surface area contributed by atoms with Gasteiger partial charge in [-0.1, -0.05) is 5.16 Å². The van der Waals surface area contributed by atoms with Crippen molar-refractivity contribution in [2.75, 3.05) is 0 Å². The van der Waals surface area contributed by atoms with E-state index in [1.54, 1.807) is 48.5 Å². The molecule has 0 aliphatic heterocycles. The Balaban J connectivity index is 1.84. The smallest absolute Gasteiger partial charge is 0.308 e. The molecule has 0 amide bonds. The summed E-state index contributed by atoms with van der Waals surface area (Å²) >= 11 is 0. The number of esters is 1. The maximum absolute atomic E-state index is 10.9. The molecule has 110 valence electrons. The molecule has 3 aromatic rings. The van der Waals surface area contributed by atoms with E-state index in [4.69, 9.17) is 9.26 Å². The minimum absolute atomic E-state index is 0.175. The predicted molar refractivity (Wildman–Crippen MR) is 78.1 cm³/mol. The summed E-state index contributed by atoms with van der Waals surface area (Å²) in [7, 11) is 0. The van der Waals surface area contributed by atoms with Gasteiger partial charge in [0.25, 0.3) is 5.89 Å². The second kappa shape index (κ2) is 5.69. The Kier molecular flexibility index (Phi) is 3.57. The number of carbonyl (C=O) groups excluding carboxylic acids is 1. The molecule has 0 radical (unpaired) electrons. The van der Waals surface area contributed by atoms with Gasteiger partial charge in [0.2, 0.25) is 5.82 Å². The number of benzene rings is 2. The van der Waals surface area contributed by atoms with Crippen molar-refractivity contribution in [3.05, 3.63) is 48.5 Å². The molecule has 0 bridgehead atoms. The molecule has 0 fully saturated rings. The van der Waals surface area contributed by atoms with Crippen LogP contribution < -0.4 is 4.74 Å². The number of rotatable bonds is 3. The molecule has 0 saturated carbocycles. The fourth-order valence-electron chi connectivity index (χ4n) is 1.90.